The second-order valence-electron chi connectivity index (χ2n) is 8.42. The first-order valence-electron chi connectivity index (χ1n) is 12.3. The molecule has 1 unspecified atom stereocenters. The van der Waals surface area contributed by atoms with Gasteiger partial charge in [0.1, 0.15) is 0 Å². The van der Waals surface area contributed by atoms with Crippen molar-refractivity contribution in [2.75, 3.05) is 22.3 Å². The standard InChI is InChI=1S/C30H38N2S/c1-4-6-24-31(25-7-5-2)28-22-20-27(21-23-28)19-18-26(3)33-32(29-14-10-8-11-15-29)30-16-12-9-13-17-30/h8-23,26H,4-7,24-25H2,1-3H3. The summed E-state index contributed by atoms with van der Waals surface area (Å²) in [4.78, 5) is 2.54. The maximum atomic E-state index is 2.54. The molecule has 1 atom stereocenters. The fourth-order valence-electron chi connectivity index (χ4n) is 3.71. The highest BCUT2D eigenvalue weighted by Crippen LogP contribution is 2.34. The maximum absolute atomic E-state index is 2.54. The van der Waals surface area contributed by atoms with E-state index in [2.05, 4.69) is 127 Å². The van der Waals surface area contributed by atoms with Crippen LogP contribution in [0.15, 0.2) is 91.0 Å². The van der Waals surface area contributed by atoms with Crippen LogP contribution in [0.2, 0.25) is 0 Å². The van der Waals surface area contributed by atoms with E-state index in [4.69, 9.17) is 0 Å². The Kier molecular flexibility index (Phi) is 10.4. The largest absolute Gasteiger partial charge is 0.372 e. The fraction of sp³-hybridized carbons (Fsp3) is 0.333. The average molecular weight is 459 g/mol. The van der Waals surface area contributed by atoms with Gasteiger partial charge < -0.3 is 4.90 Å². The van der Waals surface area contributed by atoms with Gasteiger partial charge in [-0.3, -0.25) is 4.31 Å². The molecule has 0 aliphatic carbocycles. The molecule has 0 heterocycles. The van der Waals surface area contributed by atoms with Gasteiger partial charge in [-0.25, -0.2) is 0 Å². The van der Waals surface area contributed by atoms with E-state index in [1.165, 1.54) is 48.3 Å². The van der Waals surface area contributed by atoms with E-state index in [1.807, 2.05) is 11.9 Å². The number of unbranched alkanes of at least 4 members (excludes halogenated alkanes) is 2. The lowest BCUT2D eigenvalue weighted by Gasteiger charge is -2.25. The summed E-state index contributed by atoms with van der Waals surface area (Å²) in [5.41, 5.74) is 4.98. The van der Waals surface area contributed by atoms with Crippen LogP contribution >= 0.6 is 11.9 Å². The van der Waals surface area contributed by atoms with Crippen molar-refractivity contribution in [2.45, 2.75) is 51.7 Å². The molecular weight excluding hydrogens is 420 g/mol. The molecule has 0 bridgehead atoms. The quantitative estimate of drug-likeness (QED) is 0.236. The number of anilines is 3. The Morgan fingerprint density at radius 2 is 1.21 bits per heavy atom. The van der Waals surface area contributed by atoms with Crippen LogP contribution < -0.4 is 9.21 Å². The molecule has 0 saturated heterocycles. The summed E-state index contributed by atoms with van der Waals surface area (Å²) in [7, 11) is 0. The first-order valence-corrected chi connectivity index (χ1v) is 13.1. The zero-order chi connectivity index (χ0) is 23.3. The van der Waals surface area contributed by atoms with Gasteiger partial charge in [0.2, 0.25) is 0 Å². The zero-order valence-electron chi connectivity index (χ0n) is 20.4. The van der Waals surface area contributed by atoms with Crippen molar-refractivity contribution in [3.05, 3.63) is 96.6 Å². The van der Waals surface area contributed by atoms with Gasteiger partial charge in [0.25, 0.3) is 0 Å². The monoisotopic (exact) mass is 458 g/mol. The molecular formula is C30H38N2S. The topological polar surface area (TPSA) is 6.48 Å². The van der Waals surface area contributed by atoms with Crippen molar-refractivity contribution in [1.82, 2.24) is 0 Å². The van der Waals surface area contributed by atoms with E-state index in [0.29, 0.717) is 5.25 Å². The zero-order valence-corrected chi connectivity index (χ0v) is 21.2. The first-order chi connectivity index (χ1) is 16.2. The second kappa shape index (κ2) is 13.8. The predicted molar refractivity (Wildman–Crippen MR) is 150 cm³/mol. The molecule has 3 heteroatoms. The van der Waals surface area contributed by atoms with Crippen molar-refractivity contribution in [3.8, 4) is 0 Å². The minimum Gasteiger partial charge on any atom is -0.372 e. The van der Waals surface area contributed by atoms with Crippen LogP contribution in [0.3, 0.4) is 0 Å². The first kappa shape index (κ1) is 25.0. The third kappa shape index (κ3) is 8.01. The minimum atomic E-state index is 0.329. The Morgan fingerprint density at radius 1 is 0.697 bits per heavy atom. The average Bonchev–Trinajstić information content (AvgIpc) is 2.87. The lowest BCUT2D eigenvalue weighted by molar-refractivity contribution is 0.678. The maximum Gasteiger partial charge on any atom is 0.0525 e. The lowest BCUT2D eigenvalue weighted by Crippen LogP contribution is -2.25. The van der Waals surface area contributed by atoms with E-state index in [1.54, 1.807) is 0 Å². The predicted octanol–water partition coefficient (Wildman–Crippen LogP) is 8.98. The van der Waals surface area contributed by atoms with E-state index >= 15 is 0 Å². The van der Waals surface area contributed by atoms with E-state index in [-0.39, 0.29) is 0 Å². The van der Waals surface area contributed by atoms with Crippen molar-refractivity contribution in [1.29, 1.82) is 0 Å². The Labute approximate surface area is 205 Å². The molecule has 0 spiro atoms. The summed E-state index contributed by atoms with van der Waals surface area (Å²) >= 11 is 1.83. The molecule has 3 aromatic carbocycles. The van der Waals surface area contributed by atoms with Crippen LogP contribution in [0.5, 0.6) is 0 Å². The number of para-hydroxylation sites is 2. The molecule has 0 N–H and O–H groups in total. The number of benzene rings is 3. The molecule has 0 radical (unpaired) electrons. The number of nitrogens with zero attached hydrogens (tertiary/aromatic N) is 2. The van der Waals surface area contributed by atoms with Crippen LogP contribution in [-0.4, -0.2) is 18.3 Å². The summed E-state index contributed by atoms with van der Waals surface area (Å²) in [5, 5.41) is 0.329. The summed E-state index contributed by atoms with van der Waals surface area (Å²) in [6, 6.07) is 30.2. The molecule has 33 heavy (non-hydrogen) atoms. The van der Waals surface area contributed by atoms with E-state index in [9.17, 15) is 0 Å². The highest BCUT2D eigenvalue weighted by molar-refractivity contribution is 8.01. The minimum absolute atomic E-state index is 0.329. The highest BCUT2D eigenvalue weighted by atomic mass is 32.2. The summed E-state index contributed by atoms with van der Waals surface area (Å²) in [6.45, 7) is 9.08. The molecule has 2 nitrogen and oxygen atoms in total. The Morgan fingerprint density at radius 3 is 1.70 bits per heavy atom. The molecule has 0 amide bonds. The van der Waals surface area contributed by atoms with E-state index in [0.717, 1.165) is 13.1 Å². The number of hydrogen-bond acceptors (Lipinski definition) is 3. The van der Waals surface area contributed by atoms with Crippen molar-refractivity contribution in [3.63, 3.8) is 0 Å². The van der Waals surface area contributed by atoms with Gasteiger partial charge in [-0.2, -0.15) is 0 Å². The van der Waals surface area contributed by atoms with Crippen LogP contribution in [0.4, 0.5) is 17.1 Å². The summed E-state index contributed by atoms with van der Waals surface area (Å²) in [6.07, 6.45) is 9.52. The summed E-state index contributed by atoms with van der Waals surface area (Å²) in [5.74, 6) is 0. The van der Waals surface area contributed by atoms with Crippen molar-refractivity contribution < 1.29 is 0 Å². The Bertz CT molecular complexity index is 891. The van der Waals surface area contributed by atoms with Crippen molar-refractivity contribution in [2.24, 2.45) is 0 Å². The van der Waals surface area contributed by atoms with Gasteiger partial charge >= 0.3 is 0 Å². The molecule has 0 aliphatic rings. The molecule has 0 fully saturated rings. The SMILES string of the molecule is CCCCN(CCCC)c1ccc(C=CC(C)SN(c2ccccc2)c2ccccc2)cc1. The van der Waals surface area contributed by atoms with Crippen LogP contribution in [0.1, 0.15) is 52.0 Å². The van der Waals surface area contributed by atoms with Gasteiger partial charge in [0, 0.05) is 24.0 Å². The normalized spacial score (nSPS) is 12.1. The molecule has 3 rings (SSSR count). The highest BCUT2D eigenvalue weighted by Gasteiger charge is 2.12. The van der Waals surface area contributed by atoms with Crippen molar-refractivity contribution >= 4 is 35.1 Å². The molecule has 0 saturated carbocycles. The van der Waals surface area contributed by atoms with Crippen LogP contribution in [0.25, 0.3) is 6.08 Å². The van der Waals surface area contributed by atoms with Gasteiger partial charge in [-0.15, -0.1) is 0 Å². The molecule has 0 aromatic heterocycles. The number of hydrogen-bond donors (Lipinski definition) is 0. The lowest BCUT2D eigenvalue weighted by atomic mass is 10.1. The molecule has 174 valence electrons. The van der Waals surface area contributed by atoms with Crippen LogP contribution in [0, 0.1) is 0 Å². The Balaban J connectivity index is 1.66. The number of rotatable bonds is 13. The van der Waals surface area contributed by atoms with Gasteiger partial charge in [-0.05, 0) is 73.7 Å². The van der Waals surface area contributed by atoms with Gasteiger partial charge in [0.15, 0.2) is 0 Å². The second-order valence-corrected chi connectivity index (χ2v) is 9.74. The van der Waals surface area contributed by atoms with Gasteiger partial charge in [0.05, 0.1) is 11.4 Å². The summed E-state index contributed by atoms with van der Waals surface area (Å²) < 4.78 is 2.32. The third-order valence-corrected chi connectivity index (χ3v) is 6.76. The molecule has 0 aliphatic heterocycles. The molecule has 3 aromatic rings. The smallest absolute Gasteiger partial charge is 0.0525 e. The third-order valence-electron chi connectivity index (χ3n) is 5.63. The van der Waals surface area contributed by atoms with Crippen LogP contribution in [-0.2, 0) is 0 Å². The van der Waals surface area contributed by atoms with E-state index < -0.39 is 0 Å². The Hall–Kier alpha value is -2.65. The van der Waals surface area contributed by atoms with Gasteiger partial charge in [-0.1, -0.05) is 87.4 Å². The fourth-order valence-corrected chi connectivity index (χ4v) is 4.68.